The third kappa shape index (κ3) is 2.85. The van der Waals surface area contributed by atoms with Crippen molar-refractivity contribution >= 4 is 17.4 Å². The molecule has 1 aromatic heterocycles. The molecule has 1 aliphatic heterocycles. The second-order valence-corrected chi connectivity index (χ2v) is 6.24. The van der Waals surface area contributed by atoms with Gasteiger partial charge >= 0.3 is 0 Å². The summed E-state index contributed by atoms with van der Waals surface area (Å²) in [6, 6.07) is 5.21. The largest absolute Gasteiger partial charge is 0.503 e. The van der Waals surface area contributed by atoms with Crippen molar-refractivity contribution in [2.75, 3.05) is 4.90 Å². The number of aromatic nitrogens is 1. The summed E-state index contributed by atoms with van der Waals surface area (Å²) in [6.45, 7) is 3.30. The number of nitrogens with zero attached hydrogens (tertiary/aromatic N) is 2. The van der Waals surface area contributed by atoms with E-state index >= 15 is 0 Å². The SMILES string of the molecule is CC(C)C(=O)C1=C(O)C(=O)N(c2ccc(F)c(F)c2)C1c1ccncc1. The molecule has 5 nitrogen and oxygen atoms in total. The van der Waals surface area contributed by atoms with Gasteiger partial charge in [0.15, 0.2) is 23.2 Å². The zero-order valence-corrected chi connectivity index (χ0v) is 14.1. The Labute approximate surface area is 148 Å². The maximum Gasteiger partial charge on any atom is 0.294 e. The van der Waals surface area contributed by atoms with E-state index in [9.17, 15) is 23.5 Å². The number of ketones is 1. The maximum absolute atomic E-state index is 13.7. The van der Waals surface area contributed by atoms with Crippen molar-refractivity contribution in [2.24, 2.45) is 5.92 Å². The lowest BCUT2D eigenvalue weighted by Crippen LogP contribution is -2.31. The van der Waals surface area contributed by atoms with Crippen LogP contribution in [0.25, 0.3) is 0 Å². The monoisotopic (exact) mass is 358 g/mol. The van der Waals surface area contributed by atoms with Gasteiger partial charge in [-0.05, 0) is 29.8 Å². The molecule has 1 aliphatic rings. The van der Waals surface area contributed by atoms with Gasteiger partial charge in [-0.2, -0.15) is 0 Å². The van der Waals surface area contributed by atoms with Crippen LogP contribution in [0, 0.1) is 17.6 Å². The van der Waals surface area contributed by atoms with Gasteiger partial charge in [0.25, 0.3) is 5.91 Å². The first-order valence-corrected chi connectivity index (χ1v) is 7.98. The molecular weight excluding hydrogens is 342 g/mol. The van der Waals surface area contributed by atoms with Crippen LogP contribution in [0.5, 0.6) is 0 Å². The first kappa shape index (κ1) is 17.7. The lowest BCUT2D eigenvalue weighted by Gasteiger charge is -2.27. The summed E-state index contributed by atoms with van der Waals surface area (Å²) in [5.41, 5.74) is 0.487. The summed E-state index contributed by atoms with van der Waals surface area (Å²) in [7, 11) is 0. The highest BCUT2D eigenvalue weighted by atomic mass is 19.2. The molecule has 26 heavy (non-hydrogen) atoms. The molecule has 0 bridgehead atoms. The molecule has 1 aromatic carbocycles. The van der Waals surface area contributed by atoms with E-state index in [1.807, 2.05) is 0 Å². The maximum atomic E-state index is 13.7. The smallest absolute Gasteiger partial charge is 0.294 e. The van der Waals surface area contributed by atoms with Crippen LogP contribution in [-0.4, -0.2) is 21.8 Å². The van der Waals surface area contributed by atoms with Gasteiger partial charge in [0.05, 0.1) is 11.6 Å². The van der Waals surface area contributed by atoms with Crippen molar-refractivity contribution in [1.29, 1.82) is 0 Å². The first-order valence-electron chi connectivity index (χ1n) is 7.98. The van der Waals surface area contributed by atoms with E-state index in [1.54, 1.807) is 26.0 Å². The number of aliphatic hydroxyl groups excluding tert-OH is 1. The number of rotatable bonds is 4. The molecule has 0 aliphatic carbocycles. The Morgan fingerprint density at radius 2 is 1.81 bits per heavy atom. The zero-order chi connectivity index (χ0) is 19.0. The number of halogens is 2. The number of Topliss-reactive ketones (excluding diaryl/α,β-unsaturated/α-hetero) is 1. The van der Waals surface area contributed by atoms with Crippen molar-refractivity contribution in [1.82, 2.24) is 4.98 Å². The van der Waals surface area contributed by atoms with Crippen molar-refractivity contribution in [3.05, 3.63) is 71.3 Å². The number of carbonyl (C=O) groups is 2. The Morgan fingerprint density at radius 1 is 1.15 bits per heavy atom. The summed E-state index contributed by atoms with van der Waals surface area (Å²) in [5.74, 6) is -4.59. The second-order valence-electron chi connectivity index (χ2n) is 6.24. The van der Waals surface area contributed by atoms with Crippen LogP contribution < -0.4 is 4.90 Å². The zero-order valence-electron chi connectivity index (χ0n) is 14.1. The molecule has 0 saturated carbocycles. The van der Waals surface area contributed by atoms with Crippen molar-refractivity contribution < 1.29 is 23.5 Å². The molecule has 1 unspecified atom stereocenters. The lowest BCUT2D eigenvalue weighted by molar-refractivity contribution is -0.119. The molecule has 1 atom stereocenters. The van der Waals surface area contributed by atoms with Gasteiger partial charge in [0, 0.05) is 30.1 Å². The average molecular weight is 358 g/mol. The third-order valence-electron chi connectivity index (χ3n) is 4.20. The predicted molar refractivity (Wildman–Crippen MR) is 90.3 cm³/mol. The van der Waals surface area contributed by atoms with Crippen LogP contribution >= 0.6 is 0 Å². The van der Waals surface area contributed by atoms with E-state index in [4.69, 9.17) is 0 Å². The molecule has 0 saturated heterocycles. The number of anilines is 1. The van der Waals surface area contributed by atoms with Crippen molar-refractivity contribution in [3.8, 4) is 0 Å². The predicted octanol–water partition coefficient (Wildman–Crippen LogP) is 3.48. The van der Waals surface area contributed by atoms with Crippen LogP contribution in [0.2, 0.25) is 0 Å². The highest BCUT2D eigenvalue weighted by Crippen LogP contribution is 2.41. The minimum atomic E-state index is -1.13. The minimum Gasteiger partial charge on any atom is -0.503 e. The van der Waals surface area contributed by atoms with Crippen molar-refractivity contribution in [2.45, 2.75) is 19.9 Å². The molecule has 0 fully saturated rings. The Balaban J connectivity index is 2.19. The normalized spacial score (nSPS) is 17.3. The Hall–Kier alpha value is -3.09. The van der Waals surface area contributed by atoms with Gasteiger partial charge in [0.2, 0.25) is 0 Å². The molecular formula is C19H16F2N2O3. The molecule has 134 valence electrons. The molecule has 2 heterocycles. The van der Waals surface area contributed by atoms with Gasteiger partial charge < -0.3 is 5.11 Å². The summed E-state index contributed by atoms with van der Waals surface area (Å²) >= 11 is 0. The van der Waals surface area contributed by atoms with Crippen LogP contribution in [0.15, 0.2) is 54.1 Å². The quantitative estimate of drug-likeness (QED) is 0.908. The number of hydrogen-bond acceptors (Lipinski definition) is 4. The van der Waals surface area contributed by atoms with Crippen LogP contribution in [-0.2, 0) is 9.59 Å². The van der Waals surface area contributed by atoms with E-state index in [0.717, 1.165) is 17.0 Å². The van der Waals surface area contributed by atoms with Gasteiger partial charge in [-0.3, -0.25) is 19.5 Å². The van der Waals surface area contributed by atoms with E-state index in [-0.39, 0.29) is 11.3 Å². The number of hydrogen-bond donors (Lipinski definition) is 1. The van der Waals surface area contributed by atoms with Gasteiger partial charge in [-0.25, -0.2) is 8.78 Å². The fourth-order valence-corrected chi connectivity index (χ4v) is 2.93. The Morgan fingerprint density at radius 3 is 2.38 bits per heavy atom. The molecule has 1 N–H and O–H groups in total. The van der Waals surface area contributed by atoms with Gasteiger partial charge in [0.1, 0.15) is 0 Å². The average Bonchev–Trinajstić information content (AvgIpc) is 2.89. The van der Waals surface area contributed by atoms with Gasteiger partial charge in [-0.15, -0.1) is 0 Å². The highest BCUT2D eigenvalue weighted by Gasteiger charge is 2.44. The number of benzene rings is 1. The highest BCUT2D eigenvalue weighted by molar-refractivity contribution is 6.16. The summed E-state index contributed by atoms with van der Waals surface area (Å²) < 4.78 is 27.0. The second kappa shape index (κ2) is 6.67. The Bertz CT molecular complexity index is 910. The molecule has 3 rings (SSSR count). The van der Waals surface area contributed by atoms with E-state index in [0.29, 0.717) is 5.56 Å². The lowest BCUT2D eigenvalue weighted by atomic mass is 9.91. The van der Waals surface area contributed by atoms with E-state index in [1.165, 1.54) is 18.5 Å². The van der Waals surface area contributed by atoms with Crippen molar-refractivity contribution in [3.63, 3.8) is 0 Å². The molecule has 7 heteroatoms. The number of pyridine rings is 1. The van der Waals surface area contributed by atoms with Gasteiger partial charge in [-0.1, -0.05) is 13.8 Å². The molecule has 2 aromatic rings. The topological polar surface area (TPSA) is 70.5 Å². The van der Waals surface area contributed by atoms with Crippen LogP contribution in [0.4, 0.5) is 14.5 Å². The van der Waals surface area contributed by atoms with Crippen LogP contribution in [0.3, 0.4) is 0 Å². The summed E-state index contributed by atoms with van der Waals surface area (Å²) in [5, 5.41) is 10.3. The fourth-order valence-electron chi connectivity index (χ4n) is 2.93. The molecule has 0 spiro atoms. The molecule has 0 radical (unpaired) electrons. The third-order valence-corrected chi connectivity index (χ3v) is 4.20. The van der Waals surface area contributed by atoms with E-state index in [2.05, 4.69) is 4.98 Å². The fraction of sp³-hybridized carbons (Fsp3) is 0.211. The first-order chi connectivity index (χ1) is 12.3. The molecule has 1 amide bonds. The Kier molecular flexibility index (Phi) is 4.54. The number of amides is 1. The standard InChI is InChI=1S/C19H16F2N2O3/c1-10(2)17(24)15-16(11-5-7-22-8-6-11)23(19(26)18(15)25)12-3-4-13(20)14(21)9-12/h3-10,16,25H,1-2H3. The summed E-state index contributed by atoms with van der Waals surface area (Å²) in [4.78, 5) is 30.3. The van der Waals surface area contributed by atoms with E-state index < -0.39 is 41.0 Å². The minimum absolute atomic E-state index is 0.0359. The number of aliphatic hydroxyl groups is 1. The summed E-state index contributed by atoms with van der Waals surface area (Å²) in [6.07, 6.45) is 2.96. The van der Waals surface area contributed by atoms with Crippen LogP contribution in [0.1, 0.15) is 25.5 Å². The number of carbonyl (C=O) groups excluding carboxylic acids is 2.